The van der Waals surface area contributed by atoms with Crippen LogP contribution in [0, 0.1) is 4.91 Å². The number of carbonyl (C=O) groups is 1. The van der Waals surface area contributed by atoms with Crippen LogP contribution in [0.4, 0.5) is 4.79 Å². The lowest BCUT2D eigenvalue weighted by atomic mass is 10.0. The first kappa shape index (κ1) is 16.1. The third kappa shape index (κ3) is 6.31. The number of nitrogens with zero attached hydrogens (tertiary/aromatic N) is 1. The fourth-order valence-electron chi connectivity index (χ4n) is 1.74. The Hall–Kier alpha value is -1.91. The van der Waals surface area contributed by atoms with Crippen LogP contribution in [0.2, 0.25) is 0 Å². The van der Waals surface area contributed by atoms with Crippen molar-refractivity contribution in [2.75, 3.05) is 6.61 Å². The molecule has 0 spiro atoms. The van der Waals surface area contributed by atoms with Crippen LogP contribution in [0.25, 0.3) is 0 Å². The summed E-state index contributed by atoms with van der Waals surface area (Å²) in [6.45, 7) is 5.93. The van der Waals surface area contributed by atoms with Crippen LogP contribution in [0.5, 0.6) is 0 Å². The van der Waals surface area contributed by atoms with Crippen molar-refractivity contribution in [1.29, 1.82) is 0 Å². The zero-order chi connectivity index (χ0) is 15.0. The van der Waals surface area contributed by atoms with Gasteiger partial charge in [0.25, 0.3) is 0 Å². The molecule has 0 heterocycles. The Labute approximate surface area is 119 Å². The summed E-state index contributed by atoms with van der Waals surface area (Å²) >= 11 is 0. The smallest absolute Gasteiger partial charge is 0.407 e. The second kappa shape index (κ2) is 7.62. The van der Waals surface area contributed by atoms with Crippen LogP contribution in [0.3, 0.4) is 0 Å². The maximum Gasteiger partial charge on any atom is 0.407 e. The van der Waals surface area contributed by atoms with E-state index in [1.807, 2.05) is 51.1 Å². The Balaban J connectivity index is 2.29. The molecule has 0 bridgehead atoms. The lowest BCUT2D eigenvalue weighted by Gasteiger charge is -2.20. The summed E-state index contributed by atoms with van der Waals surface area (Å²) in [6, 6.07) is 9.01. The summed E-state index contributed by atoms with van der Waals surface area (Å²) in [6.07, 6.45) is 0.729. The lowest BCUT2D eigenvalue weighted by molar-refractivity contribution is 0.135. The number of alkyl carbamates (subject to hydrolysis) is 1. The minimum absolute atomic E-state index is 0.279. The number of hydrogen-bond acceptors (Lipinski definition) is 4. The fraction of sp³-hybridized carbons (Fsp3) is 0.533. The van der Waals surface area contributed by atoms with Crippen LogP contribution in [-0.4, -0.2) is 18.2 Å². The molecule has 5 nitrogen and oxygen atoms in total. The van der Waals surface area contributed by atoms with Crippen LogP contribution in [0.15, 0.2) is 35.5 Å². The number of rotatable bonds is 6. The summed E-state index contributed by atoms with van der Waals surface area (Å²) < 4.78 is 5.06. The average Bonchev–Trinajstić information content (AvgIpc) is 2.38. The van der Waals surface area contributed by atoms with E-state index in [2.05, 4.69) is 10.5 Å². The maximum atomic E-state index is 11.4. The van der Waals surface area contributed by atoms with Crippen molar-refractivity contribution >= 4 is 6.09 Å². The fourth-order valence-corrected chi connectivity index (χ4v) is 1.74. The lowest BCUT2D eigenvalue weighted by Crippen LogP contribution is -2.41. The first-order valence-electron chi connectivity index (χ1n) is 6.75. The predicted molar refractivity (Wildman–Crippen MR) is 78.4 cm³/mol. The van der Waals surface area contributed by atoms with Gasteiger partial charge in [-0.25, -0.2) is 4.79 Å². The molecule has 1 aromatic rings. The van der Waals surface area contributed by atoms with E-state index in [0.717, 1.165) is 5.56 Å². The van der Waals surface area contributed by atoms with E-state index in [1.165, 1.54) is 0 Å². The van der Waals surface area contributed by atoms with Crippen molar-refractivity contribution in [3.63, 3.8) is 0 Å². The molecular formula is C15H22N2O3. The third-order valence-corrected chi connectivity index (χ3v) is 2.64. The average molecular weight is 278 g/mol. The Bertz CT molecular complexity index is 426. The Kier molecular flexibility index (Phi) is 6.15. The highest BCUT2D eigenvalue weighted by molar-refractivity contribution is 5.67. The SMILES string of the molecule is CC(C)(C)NC(=O)OCCCC(N=O)c1ccccc1. The Morgan fingerprint density at radius 2 is 1.95 bits per heavy atom. The van der Waals surface area contributed by atoms with E-state index in [-0.39, 0.29) is 18.2 Å². The van der Waals surface area contributed by atoms with Gasteiger partial charge in [-0.3, -0.25) is 0 Å². The largest absolute Gasteiger partial charge is 0.450 e. The second-order valence-electron chi connectivity index (χ2n) is 5.69. The molecule has 20 heavy (non-hydrogen) atoms. The molecule has 1 aromatic carbocycles. The van der Waals surface area contributed by atoms with Crippen LogP contribution >= 0.6 is 0 Å². The van der Waals surface area contributed by atoms with Crippen molar-refractivity contribution in [3.05, 3.63) is 40.8 Å². The first-order chi connectivity index (χ1) is 9.42. The first-order valence-corrected chi connectivity index (χ1v) is 6.75. The van der Waals surface area contributed by atoms with Crippen molar-refractivity contribution in [1.82, 2.24) is 5.32 Å². The molecule has 0 radical (unpaired) electrons. The Morgan fingerprint density at radius 3 is 2.50 bits per heavy atom. The molecule has 1 amide bonds. The van der Waals surface area contributed by atoms with Crippen LogP contribution in [0.1, 0.15) is 45.2 Å². The van der Waals surface area contributed by atoms with Gasteiger partial charge < -0.3 is 10.1 Å². The van der Waals surface area contributed by atoms with Crippen molar-refractivity contribution in [2.24, 2.45) is 5.18 Å². The van der Waals surface area contributed by atoms with Gasteiger partial charge in [-0.2, -0.15) is 4.91 Å². The van der Waals surface area contributed by atoms with E-state index < -0.39 is 6.09 Å². The highest BCUT2D eigenvalue weighted by Crippen LogP contribution is 2.22. The number of benzene rings is 1. The Morgan fingerprint density at radius 1 is 1.30 bits per heavy atom. The van der Waals surface area contributed by atoms with Gasteiger partial charge in [-0.15, -0.1) is 0 Å². The van der Waals surface area contributed by atoms with Gasteiger partial charge >= 0.3 is 6.09 Å². The maximum absolute atomic E-state index is 11.4. The van der Waals surface area contributed by atoms with E-state index in [0.29, 0.717) is 12.8 Å². The van der Waals surface area contributed by atoms with Crippen LogP contribution in [-0.2, 0) is 4.74 Å². The molecule has 0 aliphatic rings. The molecule has 0 saturated heterocycles. The zero-order valence-corrected chi connectivity index (χ0v) is 12.3. The van der Waals surface area contributed by atoms with Gasteiger partial charge in [-0.1, -0.05) is 35.5 Å². The molecule has 1 N–H and O–H groups in total. The van der Waals surface area contributed by atoms with Gasteiger partial charge in [0.2, 0.25) is 0 Å². The van der Waals surface area contributed by atoms with Crippen molar-refractivity contribution < 1.29 is 9.53 Å². The van der Waals surface area contributed by atoms with Gasteiger partial charge in [0.15, 0.2) is 0 Å². The molecule has 0 aromatic heterocycles. The molecule has 0 fully saturated rings. The number of nitroso groups, excluding NO2 is 1. The molecule has 0 saturated carbocycles. The predicted octanol–water partition coefficient (Wildman–Crippen LogP) is 3.80. The summed E-state index contributed by atoms with van der Waals surface area (Å²) in [5.74, 6) is 0. The summed E-state index contributed by atoms with van der Waals surface area (Å²) in [7, 11) is 0. The minimum Gasteiger partial charge on any atom is -0.450 e. The molecule has 0 aliphatic carbocycles. The van der Waals surface area contributed by atoms with Gasteiger partial charge in [-0.05, 0) is 39.2 Å². The number of hydrogen-bond donors (Lipinski definition) is 1. The topological polar surface area (TPSA) is 67.8 Å². The van der Waals surface area contributed by atoms with Gasteiger partial charge in [0, 0.05) is 5.54 Å². The summed E-state index contributed by atoms with van der Waals surface area (Å²) in [4.78, 5) is 22.3. The van der Waals surface area contributed by atoms with Gasteiger partial charge in [0.05, 0.1) is 6.61 Å². The monoisotopic (exact) mass is 278 g/mol. The standard InChI is InChI=1S/C15H22N2O3/c1-15(2,3)16-14(18)20-11-7-10-13(17-19)12-8-5-4-6-9-12/h4-6,8-9,13H,7,10-11H2,1-3H3,(H,16,18). The summed E-state index contributed by atoms with van der Waals surface area (Å²) in [5, 5.41) is 5.83. The minimum atomic E-state index is -0.437. The van der Waals surface area contributed by atoms with Gasteiger partial charge in [0.1, 0.15) is 6.04 Å². The summed E-state index contributed by atoms with van der Waals surface area (Å²) in [5.41, 5.74) is 0.579. The number of nitrogens with one attached hydrogen (secondary N) is 1. The molecule has 1 atom stereocenters. The molecular weight excluding hydrogens is 256 g/mol. The van der Waals surface area contributed by atoms with E-state index >= 15 is 0 Å². The quantitative estimate of drug-likeness (QED) is 0.635. The third-order valence-electron chi connectivity index (χ3n) is 2.64. The molecule has 1 unspecified atom stereocenters. The number of carbonyl (C=O) groups excluding carboxylic acids is 1. The molecule has 110 valence electrons. The normalized spacial score (nSPS) is 12.6. The molecule has 5 heteroatoms. The second-order valence-corrected chi connectivity index (χ2v) is 5.69. The van der Waals surface area contributed by atoms with Crippen LogP contribution < -0.4 is 5.32 Å². The van der Waals surface area contributed by atoms with Crippen molar-refractivity contribution in [2.45, 2.75) is 45.2 Å². The van der Waals surface area contributed by atoms with Crippen molar-refractivity contribution in [3.8, 4) is 0 Å². The molecule has 1 rings (SSSR count). The number of amides is 1. The van der Waals surface area contributed by atoms with E-state index in [1.54, 1.807) is 0 Å². The highest BCUT2D eigenvalue weighted by atomic mass is 16.5. The number of ether oxygens (including phenoxy) is 1. The highest BCUT2D eigenvalue weighted by Gasteiger charge is 2.15. The van der Waals surface area contributed by atoms with E-state index in [9.17, 15) is 9.70 Å². The molecule has 0 aliphatic heterocycles. The van der Waals surface area contributed by atoms with E-state index in [4.69, 9.17) is 4.74 Å². The zero-order valence-electron chi connectivity index (χ0n) is 12.3.